The molecule has 9 nitrogen and oxygen atoms in total. The number of hydrogen-bond acceptors (Lipinski definition) is 8. The Bertz CT molecular complexity index is 983. The van der Waals surface area contributed by atoms with Crippen molar-refractivity contribution in [3.8, 4) is 0 Å². The Balaban J connectivity index is 0.000000750. The van der Waals surface area contributed by atoms with E-state index in [1.807, 2.05) is 0 Å². The molecule has 37 heavy (non-hydrogen) atoms. The van der Waals surface area contributed by atoms with Gasteiger partial charge in [-0.25, -0.2) is 4.98 Å². The van der Waals surface area contributed by atoms with Crippen LogP contribution in [-0.4, -0.2) is 39.9 Å². The predicted octanol–water partition coefficient (Wildman–Crippen LogP) is -3.90. The van der Waals surface area contributed by atoms with Crippen LogP contribution >= 0.6 is 8.60 Å². The fourth-order valence-electron chi connectivity index (χ4n) is 4.98. The molecule has 3 N–H and O–H groups in total. The topological polar surface area (TPSA) is 136 Å². The van der Waals surface area contributed by atoms with Crippen molar-refractivity contribution in [3.63, 3.8) is 0 Å². The number of carbonyl (C=O) groups excluding carboxylic acids is 1. The summed E-state index contributed by atoms with van der Waals surface area (Å²) in [4.78, 5) is 48.9. The van der Waals surface area contributed by atoms with E-state index in [1.165, 1.54) is 36.8 Å². The van der Waals surface area contributed by atoms with E-state index in [0.717, 1.165) is 50.1 Å². The largest absolute Gasteiger partial charge is 1.00 e. The van der Waals surface area contributed by atoms with Crippen molar-refractivity contribution in [2.45, 2.75) is 64.5 Å². The maximum Gasteiger partial charge on any atom is 1.00 e. The Morgan fingerprint density at radius 1 is 1.08 bits per heavy atom. The van der Waals surface area contributed by atoms with E-state index >= 15 is 0 Å². The fraction of sp³-hybridized carbons (Fsp3) is 0.560. The molecule has 1 aromatic carbocycles. The minimum Gasteiger partial charge on any atom is -0.820 e. The van der Waals surface area contributed by atoms with Crippen molar-refractivity contribution < 1.29 is 78.6 Å². The zero-order valence-corrected chi connectivity index (χ0v) is 27.0. The van der Waals surface area contributed by atoms with Gasteiger partial charge in [-0.3, -0.25) is 4.79 Å². The third kappa shape index (κ3) is 9.98. The number of nitrogens with zero attached hydrogens (tertiary/aromatic N) is 3. The second kappa shape index (κ2) is 16.1. The van der Waals surface area contributed by atoms with E-state index < -0.39 is 8.60 Å². The van der Waals surface area contributed by atoms with Crippen molar-refractivity contribution >= 4 is 26.3 Å². The summed E-state index contributed by atoms with van der Waals surface area (Å²) in [5.41, 5.74) is 3.05. The summed E-state index contributed by atoms with van der Waals surface area (Å²) >= 11 is 0. The van der Waals surface area contributed by atoms with Gasteiger partial charge in [-0.2, -0.15) is 13.6 Å². The third-order valence-electron chi connectivity index (χ3n) is 7.11. The van der Waals surface area contributed by atoms with Gasteiger partial charge in [0.1, 0.15) is 11.4 Å². The van der Waals surface area contributed by atoms with Crippen molar-refractivity contribution in [3.05, 3.63) is 47.2 Å². The summed E-state index contributed by atoms with van der Waals surface area (Å²) in [7, 11) is -3.12. The number of nitrogens with one attached hydrogen (secondary N) is 2. The molecule has 190 valence electrons. The summed E-state index contributed by atoms with van der Waals surface area (Å²) in [6, 6.07) is 8.87. The number of anilines is 2. The van der Waals surface area contributed by atoms with Crippen LogP contribution < -0.4 is 84.4 Å². The monoisotopic (exact) mass is 545 g/mol. The van der Waals surface area contributed by atoms with Crippen molar-refractivity contribution in [2.75, 3.05) is 23.3 Å². The number of piperidine rings is 1. The van der Waals surface area contributed by atoms with Crippen molar-refractivity contribution in [1.82, 2.24) is 15.3 Å². The van der Waals surface area contributed by atoms with Gasteiger partial charge in [-0.15, -0.1) is 0 Å². The Morgan fingerprint density at radius 2 is 1.68 bits per heavy atom. The quantitative estimate of drug-likeness (QED) is 0.237. The minimum absolute atomic E-state index is 0. The van der Waals surface area contributed by atoms with Gasteiger partial charge in [0.2, 0.25) is 5.95 Å². The average molecular weight is 546 g/mol. The predicted molar refractivity (Wildman–Crippen MR) is 132 cm³/mol. The average Bonchev–Trinajstić information content (AvgIpc) is 3.47. The van der Waals surface area contributed by atoms with Crippen LogP contribution in [-0.2, 0) is 13.0 Å². The van der Waals surface area contributed by atoms with Crippen molar-refractivity contribution in [2.24, 2.45) is 11.8 Å². The Morgan fingerprint density at radius 3 is 2.27 bits per heavy atom. The Labute approximate surface area is 264 Å². The Kier molecular flexibility index (Phi) is 14.3. The molecule has 12 heteroatoms. The van der Waals surface area contributed by atoms with Crippen LogP contribution in [0.3, 0.4) is 0 Å². The minimum atomic E-state index is -3.12. The first-order valence-electron chi connectivity index (χ1n) is 12.5. The van der Waals surface area contributed by atoms with E-state index in [4.69, 9.17) is 19.7 Å². The summed E-state index contributed by atoms with van der Waals surface area (Å²) in [5, 5.41) is 6.65. The standard InChI is InChI=1S/C25H33N5O.2Na.HO3P/c1-2-17-8-10-18(11-9-17)13-26-23-22(24(31)28-21-6-4-3-5-7-21)14-27-25(29-23)30-15-19-12-20(19)16-30;;;1-4(2)3/h8-11,14,19-21H,2-7,12-13,15-16H2,1H3,(H,28,31)(H,26,27,29);;;1H/q;2*+1;-2. The molecule has 5 rings (SSSR count). The summed E-state index contributed by atoms with van der Waals surface area (Å²) in [6.07, 6.45) is 9.87. The summed E-state index contributed by atoms with van der Waals surface area (Å²) in [5.74, 6) is 2.94. The number of benzene rings is 1. The number of aryl methyl sites for hydroxylation is 1. The number of rotatable bonds is 7. The first-order chi connectivity index (χ1) is 16.9. The number of hydrogen-bond donors (Lipinski definition) is 3. The van der Waals surface area contributed by atoms with Crippen molar-refractivity contribution in [1.29, 1.82) is 0 Å². The summed E-state index contributed by atoms with van der Waals surface area (Å²) < 4.78 is 0. The van der Waals surface area contributed by atoms with Crippen LogP contribution in [0.4, 0.5) is 11.8 Å². The van der Waals surface area contributed by atoms with E-state index in [2.05, 4.69) is 51.7 Å². The van der Waals surface area contributed by atoms with E-state index in [0.29, 0.717) is 17.9 Å². The number of aromatic nitrogens is 2. The van der Waals surface area contributed by atoms with E-state index in [9.17, 15) is 4.79 Å². The van der Waals surface area contributed by atoms with Crippen LogP contribution in [0.15, 0.2) is 30.5 Å². The van der Waals surface area contributed by atoms with Crippen LogP contribution in [0.2, 0.25) is 0 Å². The molecule has 1 aliphatic heterocycles. The van der Waals surface area contributed by atoms with Crippen LogP contribution in [0.1, 0.15) is 66.9 Å². The van der Waals surface area contributed by atoms with Gasteiger partial charge in [0.15, 0.2) is 0 Å². The molecular weight excluding hydrogens is 511 g/mol. The molecular formula is C25H34N5Na2O4P. The van der Waals surface area contributed by atoms with Crippen LogP contribution in [0.25, 0.3) is 0 Å². The molecule has 2 aliphatic carbocycles. The van der Waals surface area contributed by atoms with Gasteiger partial charge >= 0.3 is 59.1 Å². The second-order valence-electron chi connectivity index (χ2n) is 9.66. The van der Waals surface area contributed by atoms with Gasteiger partial charge < -0.3 is 30.2 Å². The zero-order valence-electron chi connectivity index (χ0n) is 22.2. The maximum absolute atomic E-state index is 13.1. The molecule has 0 radical (unpaired) electrons. The number of fused-ring (bicyclic) bond motifs is 1. The fourth-order valence-corrected chi connectivity index (χ4v) is 4.98. The van der Waals surface area contributed by atoms with E-state index in [1.54, 1.807) is 6.20 Å². The molecule has 3 fully saturated rings. The molecule has 2 unspecified atom stereocenters. The smallest absolute Gasteiger partial charge is 0.820 e. The molecule has 2 aromatic rings. The Hall–Kier alpha value is -0.320. The molecule has 1 saturated heterocycles. The maximum atomic E-state index is 13.1. The molecule has 1 amide bonds. The van der Waals surface area contributed by atoms with Crippen LogP contribution in [0.5, 0.6) is 0 Å². The van der Waals surface area contributed by atoms with Gasteiger partial charge in [0.05, 0.1) is 0 Å². The third-order valence-corrected chi connectivity index (χ3v) is 7.11. The molecule has 2 heterocycles. The number of amides is 1. The molecule has 0 spiro atoms. The molecule has 2 atom stereocenters. The van der Waals surface area contributed by atoms with Gasteiger partial charge in [-0.1, -0.05) is 50.5 Å². The summed E-state index contributed by atoms with van der Waals surface area (Å²) in [6.45, 7) is 4.87. The molecule has 1 aromatic heterocycles. The zero-order chi connectivity index (χ0) is 24.8. The number of carbonyl (C=O) groups is 1. The molecule has 0 bridgehead atoms. The first kappa shape index (κ1) is 32.9. The van der Waals surface area contributed by atoms with Gasteiger partial charge in [0.25, 0.3) is 5.91 Å². The molecule has 3 aliphatic rings. The molecule has 2 saturated carbocycles. The normalized spacial score (nSPS) is 20.1. The van der Waals surface area contributed by atoms with E-state index in [-0.39, 0.29) is 71.1 Å². The van der Waals surface area contributed by atoms with Crippen LogP contribution in [0, 0.1) is 11.8 Å². The SMILES string of the molecule is CCc1ccc(CNc2nc(N3CC4CC4C3)ncc2C(=O)NC2CCCCC2)cc1.[Na+].[Na+].[O-]P([O-])O. The first-order valence-corrected chi connectivity index (χ1v) is 13.6. The second-order valence-corrected chi connectivity index (χ2v) is 10.1. The van der Waals surface area contributed by atoms with Gasteiger partial charge in [0, 0.05) is 31.9 Å². The van der Waals surface area contributed by atoms with Gasteiger partial charge in [-0.05, 0) is 48.6 Å².